The third kappa shape index (κ3) is 1.31. The maximum Gasteiger partial charge on any atom is 0.0622 e. The van der Waals surface area contributed by atoms with E-state index >= 15 is 0 Å². The molecule has 3 heterocycles. The van der Waals surface area contributed by atoms with E-state index < -0.39 is 0 Å². The quantitative estimate of drug-likeness (QED) is 0.611. The number of ether oxygens (including phenoxy) is 1. The minimum atomic E-state index is 0.776. The fourth-order valence-electron chi connectivity index (χ4n) is 3.51. The molecule has 0 aromatic carbocycles. The van der Waals surface area contributed by atoms with Gasteiger partial charge in [-0.15, -0.1) is 0 Å². The summed E-state index contributed by atoms with van der Waals surface area (Å²) in [5, 5.41) is 0. The first-order valence-corrected chi connectivity index (χ1v) is 5.80. The second-order valence-electron chi connectivity index (χ2n) is 4.78. The molecule has 3 unspecified atom stereocenters. The molecule has 0 radical (unpaired) electrons. The molecule has 74 valence electrons. The predicted octanol–water partition coefficient (Wildman–Crippen LogP) is 1.79. The number of nitrogens with zero attached hydrogens (tertiary/aromatic N) is 1. The van der Waals surface area contributed by atoms with Crippen molar-refractivity contribution in [3.63, 3.8) is 0 Å². The first-order chi connectivity index (χ1) is 6.45. The van der Waals surface area contributed by atoms with Gasteiger partial charge in [0.25, 0.3) is 0 Å². The van der Waals surface area contributed by atoms with Gasteiger partial charge in [0, 0.05) is 24.7 Å². The van der Waals surface area contributed by atoms with Gasteiger partial charge in [0.1, 0.15) is 0 Å². The molecule has 3 aliphatic rings. The average Bonchev–Trinajstić information content (AvgIpc) is 2.72. The van der Waals surface area contributed by atoms with Crippen LogP contribution in [0.5, 0.6) is 0 Å². The first-order valence-electron chi connectivity index (χ1n) is 5.80. The molecule has 3 rings (SSSR count). The SMILES string of the molecule is C1CC2CCC(C1)N2C1CCOC1. The molecule has 0 aromatic rings. The molecule has 0 aromatic heterocycles. The third-order valence-electron chi connectivity index (χ3n) is 4.08. The van der Waals surface area contributed by atoms with Crippen LogP contribution in [-0.2, 0) is 4.74 Å². The maximum absolute atomic E-state index is 5.49. The third-order valence-corrected chi connectivity index (χ3v) is 4.08. The topological polar surface area (TPSA) is 12.5 Å². The highest BCUT2D eigenvalue weighted by Gasteiger charge is 2.41. The first kappa shape index (κ1) is 8.25. The molecule has 3 saturated heterocycles. The summed E-state index contributed by atoms with van der Waals surface area (Å²) < 4.78 is 5.49. The summed E-state index contributed by atoms with van der Waals surface area (Å²) in [5.41, 5.74) is 0. The van der Waals surface area contributed by atoms with Crippen molar-refractivity contribution in [2.75, 3.05) is 13.2 Å². The van der Waals surface area contributed by atoms with Crippen LogP contribution in [0.25, 0.3) is 0 Å². The molecule has 0 saturated carbocycles. The van der Waals surface area contributed by atoms with Crippen molar-refractivity contribution in [1.29, 1.82) is 0 Å². The number of rotatable bonds is 1. The molecule has 2 heteroatoms. The summed E-state index contributed by atoms with van der Waals surface area (Å²) >= 11 is 0. The number of hydrogen-bond acceptors (Lipinski definition) is 2. The van der Waals surface area contributed by atoms with Crippen LogP contribution in [0.15, 0.2) is 0 Å². The molecule has 2 bridgehead atoms. The van der Waals surface area contributed by atoms with Crippen LogP contribution in [-0.4, -0.2) is 36.2 Å². The zero-order chi connectivity index (χ0) is 8.67. The summed E-state index contributed by atoms with van der Waals surface area (Å²) in [4.78, 5) is 2.80. The lowest BCUT2D eigenvalue weighted by atomic mass is 10.00. The lowest BCUT2D eigenvalue weighted by molar-refractivity contribution is 0.0740. The van der Waals surface area contributed by atoms with Crippen molar-refractivity contribution >= 4 is 0 Å². The van der Waals surface area contributed by atoms with Crippen LogP contribution in [0.2, 0.25) is 0 Å². The van der Waals surface area contributed by atoms with E-state index in [2.05, 4.69) is 4.90 Å². The van der Waals surface area contributed by atoms with Crippen molar-refractivity contribution < 1.29 is 4.74 Å². The highest BCUT2D eigenvalue weighted by Crippen LogP contribution is 2.38. The Balaban J connectivity index is 1.75. The fourth-order valence-corrected chi connectivity index (χ4v) is 3.51. The lowest BCUT2D eigenvalue weighted by Crippen LogP contribution is -2.46. The molecule has 0 aliphatic carbocycles. The van der Waals surface area contributed by atoms with Crippen molar-refractivity contribution in [3.05, 3.63) is 0 Å². The van der Waals surface area contributed by atoms with E-state index in [9.17, 15) is 0 Å². The fraction of sp³-hybridized carbons (Fsp3) is 1.00. The standard InChI is InChI=1S/C11H19NO/c1-2-9-4-5-10(3-1)12(9)11-6-7-13-8-11/h9-11H,1-8H2. The van der Waals surface area contributed by atoms with Gasteiger partial charge in [-0.1, -0.05) is 6.42 Å². The van der Waals surface area contributed by atoms with Crippen LogP contribution < -0.4 is 0 Å². The Morgan fingerprint density at radius 3 is 2.23 bits per heavy atom. The van der Waals surface area contributed by atoms with Crippen molar-refractivity contribution in [2.24, 2.45) is 0 Å². The highest BCUT2D eigenvalue weighted by molar-refractivity contribution is 4.96. The van der Waals surface area contributed by atoms with Gasteiger partial charge in [0.2, 0.25) is 0 Å². The van der Waals surface area contributed by atoms with Gasteiger partial charge in [-0.05, 0) is 32.1 Å². The molecule has 3 atom stereocenters. The number of fused-ring (bicyclic) bond motifs is 2. The Morgan fingerprint density at radius 1 is 0.846 bits per heavy atom. The van der Waals surface area contributed by atoms with Crippen LogP contribution in [0.4, 0.5) is 0 Å². The van der Waals surface area contributed by atoms with Gasteiger partial charge in [0.05, 0.1) is 6.61 Å². The van der Waals surface area contributed by atoms with Crippen molar-refractivity contribution in [1.82, 2.24) is 4.90 Å². The van der Waals surface area contributed by atoms with E-state index in [1.54, 1.807) is 0 Å². The lowest BCUT2D eigenvalue weighted by Gasteiger charge is -2.38. The maximum atomic E-state index is 5.49. The molecule has 13 heavy (non-hydrogen) atoms. The van der Waals surface area contributed by atoms with Crippen LogP contribution in [0, 0.1) is 0 Å². The Labute approximate surface area is 80.2 Å². The van der Waals surface area contributed by atoms with E-state index in [4.69, 9.17) is 4.74 Å². The van der Waals surface area contributed by atoms with Gasteiger partial charge in [-0.2, -0.15) is 0 Å². The molecular formula is C11H19NO. The second-order valence-corrected chi connectivity index (χ2v) is 4.78. The number of hydrogen-bond donors (Lipinski definition) is 0. The predicted molar refractivity (Wildman–Crippen MR) is 51.7 cm³/mol. The Hall–Kier alpha value is -0.0800. The molecule has 0 amide bonds. The highest BCUT2D eigenvalue weighted by atomic mass is 16.5. The summed E-state index contributed by atoms with van der Waals surface area (Å²) in [6.07, 6.45) is 8.58. The monoisotopic (exact) mass is 181 g/mol. The molecule has 0 N–H and O–H groups in total. The second kappa shape index (κ2) is 3.25. The Kier molecular flexibility index (Phi) is 2.06. The molecular weight excluding hydrogens is 162 g/mol. The summed E-state index contributed by atoms with van der Waals surface area (Å²) in [7, 11) is 0. The molecule has 3 aliphatic heterocycles. The Bertz CT molecular complexity index is 173. The zero-order valence-electron chi connectivity index (χ0n) is 8.24. The largest absolute Gasteiger partial charge is 0.380 e. The number of piperidine rings is 1. The Morgan fingerprint density at radius 2 is 1.62 bits per heavy atom. The zero-order valence-corrected chi connectivity index (χ0v) is 8.24. The summed E-state index contributed by atoms with van der Waals surface area (Å²) in [6.45, 7) is 2.01. The van der Waals surface area contributed by atoms with E-state index in [1.807, 2.05) is 0 Å². The molecule has 2 nitrogen and oxygen atoms in total. The van der Waals surface area contributed by atoms with Gasteiger partial charge < -0.3 is 4.74 Å². The smallest absolute Gasteiger partial charge is 0.0622 e. The van der Waals surface area contributed by atoms with E-state index in [0.29, 0.717) is 0 Å². The molecule has 3 fully saturated rings. The normalized spacial score (nSPS) is 45.7. The van der Waals surface area contributed by atoms with Crippen molar-refractivity contribution in [3.8, 4) is 0 Å². The molecule has 0 spiro atoms. The van der Waals surface area contributed by atoms with E-state index in [-0.39, 0.29) is 0 Å². The minimum Gasteiger partial charge on any atom is -0.380 e. The van der Waals surface area contributed by atoms with E-state index in [1.165, 1.54) is 38.5 Å². The van der Waals surface area contributed by atoms with Crippen molar-refractivity contribution in [2.45, 2.75) is 56.7 Å². The van der Waals surface area contributed by atoms with Gasteiger partial charge in [-0.25, -0.2) is 0 Å². The van der Waals surface area contributed by atoms with Gasteiger partial charge in [-0.3, -0.25) is 4.90 Å². The van der Waals surface area contributed by atoms with E-state index in [0.717, 1.165) is 31.3 Å². The van der Waals surface area contributed by atoms with Gasteiger partial charge >= 0.3 is 0 Å². The summed E-state index contributed by atoms with van der Waals surface area (Å²) in [6, 6.07) is 2.62. The minimum absolute atomic E-state index is 0.776. The van der Waals surface area contributed by atoms with Gasteiger partial charge in [0.15, 0.2) is 0 Å². The average molecular weight is 181 g/mol. The van der Waals surface area contributed by atoms with Crippen LogP contribution in [0.1, 0.15) is 38.5 Å². The summed E-state index contributed by atoms with van der Waals surface area (Å²) in [5.74, 6) is 0. The van der Waals surface area contributed by atoms with Crippen LogP contribution in [0.3, 0.4) is 0 Å². The van der Waals surface area contributed by atoms with Crippen LogP contribution >= 0.6 is 0 Å².